The summed E-state index contributed by atoms with van der Waals surface area (Å²) in [5.41, 5.74) is 5.78. The number of hydrogen-bond donors (Lipinski definition) is 2. The van der Waals surface area contributed by atoms with Crippen molar-refractivity contribution in [1.82, 2.24) is 10.2 Å². The molecule has 0 spiro atoms. The summed E-state index contributed by atoms with van der Waals surface area (Å²) >= 11 is 0.745. The Morgan fingerprint density at radius 2 is 1.62 bits per heavy atom. The Morgan fingerprint density at radius 3 is 2.28 bits per heavy atom. The van der Waals surface area contributed by atoms with Crippen molar-refractivity contribution >= 4 is 38.2 Å². The zero-order valence-electron chi connectivity index (χ0n) is 19.3. The van der Waals surface area contributed by atoms with Crippen LogP contribution < -0.4 is 11.1 Å². The third kappa shape index (κ3) is 13.4. The van der Waals surface area contributed by atoms with Crippen LogP contribution in [-0.4, -0.2) is 30.4 Å². The number of nitrogens with two attached hydrogens (primary N) is 1. The lowest BCUT2D eigenvalue weighted by atomic mass is 10.1. The molecule has 0 aliphatic carbocycles. The van der Waals surface area contributed by atoms with Gasteiger partial charge in [-0.05, 0) is 38.5 Å². The SMILES string of the molecule is CCCCC/C=C/C/C=C/CCCCCCCC(N)=NS(=O)(=O)c1nnc(NC(C)=O)s1. The molecular weight excluding hydrogens is 446 g/mol. The highest BCUT2D eigenvalue weighted by atomic mass is 32.2. The number of amides is 1. The van der Waals surface area contributed by atoms with Gasteiger partial charge in [-0.25, -0.2) is 0 Å². The molecule has 1 amide bonds. The molecule has 0 atom stereocenters. The van der Waals surface area contributed by atoms with Crippen molar-refractivity contribution in [2.45, 2.75) is 95.2 Å². The van der Waals surface area contributed by atoms with Crippen LogP contribution in [0.25, 0.3) is 0 Å². The maximum absolute atomic E-state index is 12.2. The Morgan fingerprint density at radius 1 is 1.00 bits per heavy atom. The van der Waals surface area contributed by atoms with Gasteiger partial charge in [0.15, 0.2) is 0 Å². The summed E-state index contributed by atoms with van der Waals surface area (Å²) in [6.45, 7) is 3.52. The van der Waals surface area contributed by atoms with Crippen LogP contribution in [-0.2, 0) is 14.8 Å². The predicted molar refractivity (Wildman–Crippen MR) is 132 cm³/mol. The summed E-state index contributed by atoms with van der Waals surface area (Å²) in [5.74, 6) is -0.290. The maximum atomic E-state index is 12.2. The fourth-order valence-corrected chi connectivity index (χ4v) is 4.79. The third-order valence-electron chi connectivity index (χ3n) is 4.53. The van der Waals surface area contributed by atoms with Crippen molar-refractivity contribution in [3.8, 4) is 0 Å². The zero-order valence-corrected chi connectivity index (χ0v) is 20.9. The van der Waals surface area contributed by atoms with Crippen LogP contribution >= 0.6 is 11.3 Å². The van der Waals surface area contributed by atoms with Crippen LogP contribution in [0.15, 0.2) is 33.0 Å². The first kappa shape index (κ1) is 28.0. The quantitative estimate of drug-likeness (QED) is 0.101. The second kappa shape index (κ2) is 16.5. The minimum absolute atomic E-state index is 0.0620. The number of carbonyl (C=O) groups is 1. The lowest BCUT2D eigenvalue weighted by Gasteiger charge is -2.01. The summed E-state index contributed by atoms with van der Waals surface area (Å²) < 4.78 is 27.8. The van der Waals surface area contributed by atoms with Crippen molar-refractivity contribution < 1.29 is 13.2 Å². The monoisotopic (exact) mass is 483 g/mol. The van der Waals surface area contributed by atoms with E-state index in [1.54, 1.807) is 0 Å². The molecule has 0 unspecified atom stereocenters. The van der Waals surface area contributed by atoms with E-state index >= 15 is 0 Å². The Kier molecular flexibility index (Phi) is 14.5. The summed E-state index contributed by atoms with van der Waals surface area (Å²) in [4.78, 5) is 11.0. The molecule has 0 fully saturated rings. The van der Waals surface area contributed by atoms with Gasteiger partial charge in [0.25, 0.3) is 4.34 Å². The molecule has 32 heavy (non-hydrogen) atoms. The minimum atomic E-state index is -4.00. The van der Waals surface area contributed by atoms with Gasteiger partial charge in [-0.2, -0.15) is 8.42 Å². The van der Waals surface area contributed by atoms with Gasteiger partial charge in [-0.3, -0.25) is 4.79 Å². The molecule has 1 aromatic heterocycles. The number of unbranched alkanes of at least 4 members (excludes halogenated alkanes) is 8. The predicted octanol–water partition coefficient (Wildman–Crippen LogP) is 5.36. The van der Waals surface area contributed by atoms with E-state index in [0.717, 1.165) is 56.3 Å². The molecule has 0 bridgehead atoms. The van der Waals surface area contributed by atoms with Crippen LogP contribution in [0, 0.1) is 0 Å². The number of sulfonamides is 1. The van der Waals surface area contributed by atoms with E-state index in [0.29, 0.717) is 6.42 Å². The second-order valence-corrected chi connectivity index (χ2v) is 10.3. The number of hydrogen-bond acceptors (Lipinski definition) is 6. The number of aromatic nitrogens is 2. The first-order valence-corrected chi connectivity index (χ1v) is 13.6. The summed E-state index contributed by atoms with van der Waals surface area (Å²) in [6, 6.07) is 0. The van der Waals surface area contributed by atoms with Crippen molar-refractivity contribution in [1.29, 1.82) is 0 Å². The van der Waals surface area contributed by atoms with Crippen molar-refractivity contribution in [2.75, 3.05) is 5.32 Å². The third-order valence-corrected chi connectivity index (χ3v) is 7.04. The molecule has 1 aromatic rings. The number of amidine groups is 1. The number of nitrogens with one attached hydrogen (secondary N) is 1. The van der Waals surface area contributed by atoms with E-state index in [-0.39, 0.29) is 21.2 Å². The minimum Gasteiger partial charge on any atom is -0.386 e. The van der Waals surface area contributed by atoms with E-state index in [1.807, 2.05) is 0 Å². The molecule has 0 radical (unpaired) electrons. The fourth-order valence-electron chi connectivity index (χ4n) is 2.87. The van der Waals surface area contributed by atoms with E-state index < -0.39 is 10.0 Å². The smallest absolute Gasteiger partial charge is 0.313 e. The normalized spacial score (nSPS) is 12.8. The van der Waals surface area contributed by atoms with Crippen LogP contribution in [0.3, 0.4) is 0 Å². The fraction of sp³-hybridized carbons (Fsp3) is 0.636. The molecular formula is C22H37N5O3S2. The Labute approximate surface area is 196 Å². The van der Waals surface area contributed by atoms with Gasteiger partial charge in [0.2, 0.25) is 11.0 Å². The highest BCUT2D eigenvalue weighted by Crippen LogP contribution is 2.21. The molecule has 0 saturated heterocycles. The van der Waals surface area contributed by atoms with Gasteiger partial charge in [0.1, 0.15) is 5.84 Å². The highest BCUT2D eigenvalue weighted by Gasteiger charge is 2.20. The molecule has 0 aliphatic rings. The van der Waals surface area contributed by atoms with Crippen LogP contribution in [0.2, 0.25) is 0 Å². The standard InChI is InChI=1S/C22H37N5O3S2/c1-3-4-5-6-7-8-9-10-11-12-13-14-15-16-17-18-20(23)27-32(29,30)22-26-25-21(31-22)24-19(2)28/h7-8,10-11H,3-6,9,12-18H2,1-2H3,(H2,23,27)(H,24,25,28)/b8-7+,11-10+. The van der Waals surface area contributed by atoms with Crippen molar-refractivity contribution in [3.05, 3.63) is 24.3 Å². The average molecular weight is 484 g/mol. The Balaban J connectivity index is 2.15. The molecule has 0 aliphatic heterocycles. The van der Waals surface area contributed by atoms with Gasteiger partial charge >= 0.3 is 10.0 Å². The maximum Gasteiger partial charge on any atom is 0.313 e. The zero-order chi connectivity index (χ0) is 23.7. The molecule has 8 nitrogen and oxygen atoms in total. The number of nitrogens with zero attached hydrogens (tertiary/aromatic N) is 3. The molecule has 10 heteroatoms. The van der Waals surface area contributed by atoms with Gasteiger partial charge in [-0.1, -0.05) is 74.7 Å². The summed E-state index contributed by atoms with van der Waals surface area (Å²) in [5, 5.41) is 9.68. The number of anilines is 1. The van der Waals surface area contributed by atoms with Crippen molar-refractivity contribution in [3.63, 3.8) is 0 Å². The highest BCUT2D eigenvalue weighted by molar-refractivity contribution is 7.92. The van der Waals surface area contributed by atoms with E-state index in [1.165, 1.54) is 32.6 Å². The molecule has 1 rings (SSSR count). The summed E-state index contributed by atoms with van der Waals surface area (Å²) in [6.07, 6.45) is 21.7. The molecule has 0 saturated carbocycles. The number of allylic oxidation sites excluding steroid dienone is 4. The first-order valence-electron chi connectivity index (χ1n) is 11.4. The average Bonchev–Trinajstić information content (AvgIpc) is 3.19. The summed E-state index contributed by atoms with van der Waals surface area (Å²) in [7, 11) is -4.00. The van der Waals surface area contributed by atoms with Crippen LogP contribution in [0.4, 0.5) is 5.13 Å². The Bertz CT molecular complexity index is 861. The molecule has 1 heterocycles. The van der Waals surface area contributed by atoms with Gasteiger partial charge in [-0.15, -0.1) is 14.6 Å². The van der Waals surface area contributed by atoms with Gasteiger partial charge in [0.05, 0.1) is 0 Å². The molecule has 3 N–H and O–H groups in total. The van der Waals surface area contributed by atoms with Gasteiger partial charge in [0, 0.05) is 13.3 Å². The van der Waals surface area contributed by atoms with E-state index in [2.05, 4.69) is 51.1 Å². The lowest BCUT2D eigenvalue weighted by molar-refractivity contribution is -0.114. The van der Waals surface area contributed by atoms with Gasteiger partial charge < -0.3 is 11.1 Å². The van der Waals surface area contributed by atoms with Crippen molar-refractivity contribution in [2.24, 2.45) is 10.1 Å². The largest absolute Gasteiger partial charge is 0.386 e. The van der Waals surface area contributed by atoms with E-state index in [4.69, 9.17) is 5.73 Å². The number of rotatable bonds is 17. The second-order valence-electron chi connectivity index (χ2n) is 7.59. The molecule has 0 aromatic carbocycles. The molecule has 180 valence electrons. The lowest BCUT2D eigenvalue weighted by Crippen LogP contribution is -2.14. The number of carbonyl (C=O) groups excluding carboxylic acids is 1. The van der Waals surface area contributed by atoms with Crippen LogP contribution in [0.5, 0.6) is 0 Å². The Hall–Kier alpha value is -2.07. The topological polar surface area (TPSA) is 127 Å². The van der Waals surface area contributed by atoms with E-state index in [9.17, 15) is 13.2 Å². The van der Waals surface area contributed by atoms with Crippen LogP contribution in [0.1, 0.15) is 90.9 Å². The first-order chi connectivity index (χ1) is 15.3.